The molecule has 2 amide bonds. The van der Waals surface area contributed by atoms with Crippen molar-refractivity contribution in [3.05, 3.63) is 0 Å². The summed E-state index contributed by atoms with van der Waals surface area (Å²) in [7, 11) is 0. The van der Waals surface area contributed by atoms with Crippen LogP contribution in [0.25, 0.3) is 0 Å². The maximum absolute atomic E-state index is 11.4. The van der Waals surface area contributed by atoms with E-state index in [0.29, 0.717) is 6.54 Å². The summed E-state index contributed by atoms with van der Waals surface area (Å²) in [6.45, 7) is 4.82. The molecular weight excluding hydrogens is 212 g/mol. The first kappa shape index (κ1) is 14.4. The molecule has 0 saturated carbocycles. The van der Waals surface area contributed by atoms with Gasteiger partial charge in [-0.2, -0.15) is 0 Å². The molecule has 0 saturated heterocycles. The molecule has 6 heteroatoms. The average molecular weight is 230 g/mol. The number of carbonyl (C=O) groups excluding carboxylic acids is 2. The largest absolute Gasteiger partial charge is 0.480 e. The van der Waals surface area contributed by atoms with Gasteiger partial charge in [-0.15, -0.1) is 0 Å². The van der Waals surface area contributed by atoms with Crippen LogP contribution in [0.3, 0.4) is 0 Å². The Kier molecular flexibility index (Phi) is 5.49. The molecule has 0 unspecified atom stereocenters. The molecule has 3 N–H and O–H groups in total. The Morgan fingerprint density at radius 2 is 1.75 bits per heavy atom. The molecule has 92 valence electrons. The zero-order valence-corrected chi connectivity index (χ0v) is 9.79. The molecule has 0 aliphatic heterocycles. The van der Waals surface area contributed by atoms with Crippen molar-refractivity contribution in [2.24, 2.45) is 5.41 Å². The van der Waals surface area contributed by atoms with E-state index in [-0.39, 0.29) is 12.5 Å². The summed E-state index contributed by atoms with van der Waals surface area (Å²) in [6.07, 6.45) is 0.806. The van der Waals surface area contributed by atoms with Crippen LogP contribution in [0.5, 0.6) is 0 Å². The van der Waals surface area contributed by atoms with E-state index in [1.165, 1.54) is 13.8 Å². The van der Waals surface area contributed by atoms with Crippen LogP contribution in [0.15, 0.2) is 0 Å². The van der Waals surface area contributed by atoms with Crippen LogP contribution in [0.4, 0.5) is 0 Å². The molecule has 0 aromatic carbocycles. The van der Waals surface area contributed by atoms with Gasteiger partial charge in [0.25, 0.3) is 0 Å². The molecule has 0 spiro atoms. The van der Waals surface area contributed by atoms with Crippen LogP contribution in [0.1, 0.15) is 27.2 Å². The van der Waals surface area contributed by atoms with Gasteiger partial charge in [-0.1, -0.05) is 6.92 Å². The van der Waals surface area contributed by atoms with Crippen LogP contribution >= 0.6 is 0 Å². The molecule has 16 heavy (non-hydrogen) atoms. The Morgan fingerprint density at radius 3 is 2.19 bits per heavy atom. The van der Waals surface area contributed by atoms with Gasteiger partial charge in [-0.25, -0.2) is 0 Å². The lowest BCUT2D eigenvalue weighted by Crippen LogP contribution is -2.46. The summed E-state index contributed by atoms with van der Waals surface area (Å²) in [5.74, 6) is -2.22. The molecule has 0 atom stereocenters. The molecule has 0 rings (SSSR count). The lowest BCUT2D eigenvalue weighted by atomic mass is 9.93. The topological polar surface area (TPSA) is 95.5 Å². The number of carboxylic acid groups (broad SMARTS) is 1. The van der Waals surface area contributed by atoms with E-state index < -0.39 is 17.3 Å². The summed E-state index contributed by atoms with van der Waals surface area (Å²) in [6, 6.07) is 0. The molecule has 0 aliphatic rings. The lowest BCUT2D eigenvalue weighted by molar-refractivity contribution is -0.153. The molecule has 0 radical (unpaired) electrons. The second-order valence-corrected chi connectivity index (χ2v) is 3.96. The second-order valence-electron chi connectivity index (χ2n) is 3.96. The zero-order valence-electron chi connectivity index (χ0n) is 9.79. The Bertz CT molecular complexity index is 287. The van der Waals surface area contributed by atoms with Crippen molar-refractivity contribution in [1.82, 2.24) is 10.6 Å². The van der Waals surface area contributed by atoms with Gasteiger partial charge in [0.05, 0.1) is 6.54 Å². The van der Waals surface area contributed by atoms with Crippen molar-refractivity contribution in [3.63, 3.8) is 0 Å². The van der Waals surface area contributed by atoms with Crippen molar-refractivity contribution < 1.29 is 19.5 Å². The Labute approximate surface area is 94.4 Å². The summed E-state index contributed by atoms with van der Waals surface area (Å²) in [4.78, 5) is 33.3. The minimum absolute atomic E-state index is 0.199. The predicted octanol–water partition coefficient (Wildman–Crippen LogP) is -0.260. The maximum Gasteiger partial charge on any atom is 0.318 e. The van der Waals surface area contributed by atoms with Gasteiger partial charge < -0.3 is 15.7 Å². The fourth-order valence-corrected chi connectivity index (χ4v) is 0.806. The normalized spacial score (nSPS) is 10.7. The van der Waals surface area contributed by atoms with E-state index >= 15 is 0 Å². The lowest BCUT2D eigenvalue weighted by Gasteiger charge is -2.17. The van der Waals surface area contributed by atoms with Crippen LogP contribution in [-0.4, -0.2) is 36.0 Å². The minimum atomic E-state index is -1.52. The number of carboxylic acids is 1. The monoisotopic (exact) mass is 230 g/mol. The third kappa shape index (κ3) is 4.29. The highest BCUT2D eigenvalue weighted by Crippen LogP contribution is 2.14. The predicted molar refractivity (Wildman–Crippen MR) is 57.7 cm³/mol. The SMILES string of the molecule is CCCNC(=O)CNC(=O)C(C)(C)C(=O)O. The van der Waals surface area contributed by atoms with Crippen molar-refractivity contribution in [2.45, 2.75) is 27.2 Å². The van der Waals surface area contributed by atoms with Gasteiger partial charge in [-0.3, -0.25) is 14.4 Å². The van der Waals surface area contributed by atoms with E-state index in [9.17, 15) is 14.4 Å². The first-order valence-electron chi connectivity index (χ1n) is 5.10. The van der Waals surface area contributed by atoms with E-state index in [4.69, 9.17) is 5.11 Å². The third-order valence-electron chi connectivity index (χ3n) is 2.08. The summed E-state index contributed by atoms with van der Waals surface area (Å²) >= 11 is 0. The molecule has 0 aromatic rings. The van der Waals surface area contributed by atoms with Gasteiger partial charge >= 0.3 is 5.97 Å². The van der Waals surface area contributed by atoms with Crippen LogP contribution in [-0.2, 0) is 14.4 Å². The zero-order chi connectivity index (χ0) is 12.8. The molecular formula is C10H18N2O4. The minimum Gasteiger partial charge on any atom is -0.480 e. The quantitative estimate of drug-likeness (QED) is 0.548. The molecule has 0 aromatic heterocycles. The smallest absolute Gasteiger partial charge is 0.318 e. The van der Waals surface area contributed by atoms with E-state index in [1.807, 2.05) is 6.92 Å². The number of rotatable bonds is 6. The first-order chi connectivity index (χ1) is 7.32. The van der Waals surface area contributed by atoms with Gasteiger partial charge in [0.15, 0.2) is 0 Å². The summed E-state index contributed by atoms with van der Waals surface area (Å²) in [5, 5.41) is 13.6. The van der Waals surface area contributed by atoms with Crippen molar-refractivity contribution in [2.75, 3.05) is 13.1 Å². The fourth-order valence-electron chi connectivity index (χ4n) is 0.806. The molecule has 0 bridgehead atoms. The highest BCUT2D eigenvalue weighted by molar-refractivity contribution is 6.02. The number of hydrogen-bond acceptors (Lipinski definition) is 3. The van der Waals surface area contributed by atoms with Crippen LogP contribution in [0, 0.1) is 5.41 Å². The van der Waals surface area contributed by atoms with Gasteiger partial charge in [0.1, 0.15) is 5.41 Å². The van der Waals surface area contributed by atoms with Crippen molar-refractivity contribution in [3.8, 4) is 0 Å². The Morgan fingerprint density at radius 1 is 1.19 bits per heavy atom. The molecule has 6 nitrogen and oxygen atoms in total. The van der Waals surface area contributed by atoms with E-state index in [2.05, 4.69) is 10.6 Å². The number of aliphatic carboxylic acids is 1. The first-order valence-corrected chi connectivity index (χ1v) is 5.10. The second kappa shape index (κ2) is 6.09. The van der Waals surface area contributed by atoms with Crippen LogP contribution < -0.4 is 10.6 Å². The summed E-state index contributed by atoms with van der Waals surface area (Å²) in [5.41, 5.74) is -1.52. The molecule has 0 fully saturated rings. The Hall–Kier alpha value is -1.59. The Balaban J connectivity index is 4.08. The number of carbonyl (C=O) groups is 3. The standard InChI is InChI=1S/C10H18N2O4/c1-4-5-11-7(13)6-12-8(14)10(2,3)9(15)16/h4-6H2,1-3H3,(H,11,13)(H,12,14)(H,15,16). The van der Waals surface area contributed by atoms with Crippen LogP contribution in [0.2, 0.25) is 0 Å². The highest BCUT2D eigenvalue weighted by atomic mass is 16.4. The van der Waals surface area contributed by atoms with Gasteiger partial charge in [-0.05, 0) is 20.3 Å². The molecule has 0 aliphatic carbocycles. The van der Waals surface area contributed by atoms with Crippen molar-refractivity contribution >= 4 is 17.8 Å². The third-order valence-corrected chi connectivity index (χ3v) is 2.08. The maximum atomic E-state index is 11.4. The molecule has 0 heterocycles. The average Bonchev–Trinajstić information content (AvgIpc) is 2.22. The van der Waals surface area contributed by atoms with Crippen molar-refractivity contribution in [1.29, 1.82) is 0 Å². The van der Waals surface area contributed by atoms with E-state index in [1.54, 1.807) is 0 Å². The van der Waals surface area contributed by atoms with Gasteiger partial charge in [0.2, 0.25) is 11.8 Å². The van der Waals surface area contributed by atoms with Gasteiger partial charge in [0, 0.05) is 6.54 Å². The number of hydrogen-bond donors (Lipinski definition) is 3. The fraction of sp³-hybridized carbons (Fsp3) is 0.700. The number of amides is 2. The highest BCUT2D eigenvalue weighted by Gasteiger charge is 2.35. The summed E-state index contributed by atoms with van der Waals surface area (Å²) < 4.78 is 0. The van der Waals surface area contributed by atoms with E-state index in [0.717, 1.165) is 6.42 Å². The number of nitrogens with one attached hydrogen (secondary N) is 2.